The van der Waals surface area contributed by atoms with E-state index in [1.807, 2.05) is 28.8 Å². The Hall–Kier alpha value is -1.48. The molecule has 0 amide bonds. The SMILES string of the molecule is C[C@H]1CN(C(C)(C)CNS(=O)(=O)CCn2cnc3ccccc32)C[C@H](C)O1. The number of para-hydroxylation sites is 2. The van der Waals surface area contributed by atoms with Crippen LogP contribution in [0, 0.1) is 0 Å². The highest BCUT2D eigenvalue weighted by Crippen LogP contribution is 2.21. The summed E-state index contributed by atoms with van der Waals surface area (Å²) in [5.41, 5.74) is 1.55. The molecule has 8 heteroatoms. The predicted molar refractivity (Wildman–Crippen MR) is 107 cm³/mol. The number of hydrogen-bond acceptors (Lipinski definition) is 5. The lowest BCUT2D eigenvalue weighted by molar-refractivity contribution is -0.0945. The molecule has 0 saturated carbocycles. The third-order valence-electron chi connectivity index (χ3n) is 5.13. The Morgan fingerprint density at radius 3 is 2.59 bits per heavy atom. The number of morpholine rings is 1. The fourth-order valence-corrected chi connectivity index (χ4v) is 4.70. The zero-order chi connectivity index (χ0) is 19.7. The van der Waals surface area contributed by atoms with E-state index in [9.17, 15) is 8.42 Å². The Kier molecular flexibility index (Phi) is 5.90. The highest BCUT2D eigenvalue weighted by molar-refractivity contribution is 7.89. The van der Waals surface area contributed by atoms with Crippen molar-refractivity contribution in [1.82, 2.24) is 19.2 Å². The minimum Gasteiger partial charge on any atom is -0.373 e. The van der Waals surface area contributed by atoms with Gasteiger partial charge in [-0.25, -0.2) is 18.1 Å². The van der Waals surface area contributed by atoms with Gasteiger partial charge in [-0.3, -0.25) is 4.90 Å². The summed E-state index contributed by atoms with van der Waals surface area (Å²) in [5.74, 6) is 0.0271. The van der Waals surface area contributed by atoms with Gasteiger partial charge in [0.15, 0.2) is 0 Å². The molecule has 1 aliphatic heterocycles. The number of imidazole rings is 1. The van der Waals surface area contributed by atoms with Crippen LogP contribution < -0.4 is 4.72 Å². The van der Waals surface area contributed by atoms with Crippen LogP contribution in [0.2, 0.25) is 0 Å². The van der Waals surface area contributed by atoms with Crippen molar-refractivity contribution in [2.24, 2.45) is 0 Å². The number of hydrogen-bond donors (Lipinski definition) is 1. The van der Waals surface area contributed by atoms with Crippen molar-refractivity contribution in [2.75, 3.05) is 25.4 Å². The molecule has 1 saturated heterocycles. The molecule has 0 unspecified atom stereocenters. The van der Waals surface area contributed by atoms with E-state index in [1.165, 1.54) is 0 Å². The minimum absolute atomic E-state index is 0.0271. The molecule has 1 aromatic carbocycles. The molecule has 0 aliphatic carbocycles. The van der Waals surface area contributed by atoms with Gasteiger partial charge in [0, 0.05) is 31.7 Å². The molecule has 2 heterocycles. The minimum atomic E-state index is -3.38. The highest BCUT2D eigenvalue weighted by Gasteiger charge is 2.33. The van der Waals surface area contributed by atoms with Crippen LogP contribution in [0.1, 0.15) is 27.7 Å². The summed E-state index contributed by atoms with van der Waals surface area (Å²) in [6, 6.07) is 7.73. The fourth-order valence-electron chi connectivity index (χ4n) is 3.55. The first-order valence-corrected chi connectivity index (χ1v) is 11.1. The monoisotopic (exact) mass is 394 g/mol. The number of nitrogens with zero attached hydrogens (tertiary/aromatic N) is 3. The first kappa shape index (κ1) is 20.3. The van der Waals surface area contributed by atoms with E-state index in [0.717, 1.165) is 24.1 Å². The van der Waals surface area contributed by atoms with E-state index in [-0.39, 0.29) is 23.5 Å². The van der Waals surface area contributed by atoms with E-state index in [1.54, 1.807) is 6.33 Å². The zero-order valence-corrected chi connectivity index (χ0v) is 17.4. The topological polar surface area (TPSA) is 76.5 Å². The van der Waals surface area contributed by atoms with Crippen LogP contribution >= 0.6 is 0 Å². The molecule has 0 radical (unpaired) electrons. The quantitative estimate of drug-likeness (QED) is 0.776. The second kappa shape index (κ2) is 7.87. The second-order valence-corrected chi connectivity index (χ2v) is 9.97. The second-order valence-electron chi connectivity index (χ2n) is 8.04. The third kappa shape index (κ3) is 5.07. The first-order chi connectivity index (χ1) is 12.7. The van der Waals surface area contributed by atoms with Gasteiger partial charge in [-0.15, -0.1) is 0 Å². The molecular weight excluding hydrogens is 364 g/mol. The number of aryl methyl sites for hydroxylation is 1. The number of benzene rings is 1. The number of nitrogens with one attached hydrogen (secondary N) is 1. The van der Waals surface area contributed by atoms with Gasteiger partial charge in [0.25, 0.3) is 0 Å². The highest BCUT2D eigenvalue weighted by atomic mass is 32.2. The van der Waals surface area contributed by atoms with E-state index in [0.29, 0.717) is 13.1 Å². The molecule has 3 rings (SSSR count). The summed E-state index contributed by atoms with van der Waals surface area (Å²) in [7, 11) is -3.38. The van der Waals surface area contributed by atoms with Gasteiger partial charge in [-0.2, -0.15) is 0 Å². The third-order valence-corrected chi connectivity index (χ3v) is 6.43. The van der Waals surface area contributed by atoms with Crippen LogP contribution in [0.3, 0.4) is 0 Å². The molecule has 2 atom stereocenters. The van der Waals surface area contributed by atoms with Crippen LogP contribution in [-0.2, 0) is 21.3 Å². The Balaban J connectivity index is 1.57. The lowest BCUT2D eigenvalue weighted by Gasteiger charge is -2.45. The number of rotatable bonds is 7. The number of aromatic nitrogens is 2. The largest absolute Gasteiger partial charge is 0.373 e. The molecule has 1 aliphatic rings. The van der Waals surface area contributed by atoms with Gasteiger partial charge in [-0.1, -0.05) is 12.1 Å². The van der Waals surface area contributed by atoms with E-state index in [4.69, 9.17) is 4.74 Å². The van der Waals surface area contributed by atoms with Crippen molar-refractivity contribution in [2.45, 2.75) is 52.0 Å². The maximum atomic E-state index is 12.5. The summed E-state index contributed by atoms with van der Waals surface area (Å²) in [6.45, 7) is 10.6. The average Bonchev–Trinajstić information content (AvgIpc) is 3.01. The van der Waals surface area contributed by atoms with E-state index >= 15 is 0 Å². The maximum absolute atomic E-state index is 12.5. The van der Waals surface area contributed by atoms with Crippen LogP contribution in [0.5, 0.6) is 0 Å². The first-order valence-electron chi connectivity index (χ1n) is 9.44. The van der Waals surface area contributed by atoms with Crippen molar-refractivity contribution in [1.29, 1.82) is 0 Å². The van der Waals surface area contributed by atoms with Gasteiger partial charge >= 0.3 is 0 Å². The summed E-state index contributed by atoms with van der Waals surface area (Å²) >= 11 is 0. The van der Waals surface area contributed by atoms with Gasteiger partial charge < -0.3 is 9.30 Å². The molecule has 150 valence electrons. The molecule has 7 nitrogen and oxygen atoms in total. The molecular formula is C19H30N4O3S. The van der Waals surface area contributed by atoms with Crippen molar-refractivity contribution in [3.05, 3.63) is 30.6 Å². The van der Waals surface area contributed by atoms with Crippen molar-refractivity contribution in [3.63, 3.8) is 0 Å². The van der Waals surface area contributed by atoms with Gasteiger partial charge in [-0.05, 0) is 39.8 Å². The smallest absolute Gasteiger partial charge is 0.213 e. The van der Waals surface area contributed by atoms with Gasteiger partial charge in [0.1, 0.15) is 0 Å². The standard InChI is InChI=1S/C19H30N4O3S/c1-15-11-23(12-16(2)26-15)19(3,4)13-21-27(24,25)10-9-22-14-20-17-7-5-6-8-18(17)22/h5-8,14-16,21H,9-13H2,1-4H3/t15-,16-/m0/s1. The van der Waals surface area contributed by atoms with E-state index in [2.05, 4.69) is 42.3 Å². The summed E-state index contributed by atoms with van der Waals surface area (Å²) in [5, 5.41) is 0. The molecule has 27 heavy (non-hydrogen) atoms. The van der Waals surface area contributed by atoms with Crippen LogP contribution in [-0.4, -0.2) is 66.0 Å². The molecule has 2 aromatic rings. The Labute approximate surface area is 161 Å². The number of ether oxygens (including phenoxy) is 1. The Morgan fingerprint density at radius 2 is 1.89 bits per heavy atom. The number of fused-ring (bicyclic) bond motifs is 1. The fraction of sp³-hybridized carbons (Fsp3) is 0.632. The Morgan fingerprint density at radius 1 is 1.22 bits per heavy atom. The predicted octanol–water partition coefficient (Wildman–Crippen LogP) is 1.84. The normalized spacial score (nSPS) is 22.4. The van der Waals surface area contributed by atoms with Crippen LogP contribution in [0.15, 0.2) is 30.6 Å². The lowest BCUT2D eigenvalue weighted by Crippen LogP contribution is -2.58. The number of sulfonamides is 1. The molecule has 0 bridgehead atoms. The van der Waals surface area contributed by atoms with Gasteiger partial charge in [0.2, 0.25) is 10.0 Å². The van der Waals surface area contributed by atoms with Crippen LogP contribution in [0.4, 0.5) is 0 Å². The summed E-state index contributed by atoms with van der Waals surface area (Å²) in [4.78, 5) is 6.61. The molecule has 1 aromatic heterocycles. The molecule has 0 spiro atoms. The van der Waals surface area contributed by atoms with Crippen molar-refractivity contribution >= 4 is 21.1 Å². The van der Waals surface area contributed by atoms with E-state index < -0.39 is 10.0 Å². The lowest BCUT2D eigenvalue weighted by atomic mass is 10.0. The van der Waals surface area contributed by atoms with Crippen molar-refractivity contribution < 1.29 is 13.2 Å². The van der Waals surface area contributed by atoms with Gasteiger partial charge in [0.05, 0.1) is 35.3 Å². The van der Waals surface area contributed by atoms with Crippen molar-refractivity contribution in [3.8, 4) is 0 Å². The molecule has 1 N–H and O–H groups in total. The van der Waals surface area contributed by atoms with Crippen LogP contribution in [0.25, 0.3) is 11.0 Å². The summed E-state index contributed by atoms with van der Waals surface area (Å²) in [6.07, 6.45) is 2.00. The average molecular weight is 395 g/mol. The zero-order valence-electron chi connectivity index (χ0n) is 16.6. The summed E-state index contributed by atoms with van der Waals surface area (Å²) < 4.78 is 35.5. The maximum Gasteiger partial charge on any atom is 0.213 e. The Bertz CT molecular complexity index is 868. The molecule has 1 fully saturated rings.